The summed E-state index contributed by atoms with van der Waals surface area (Å²) in [6, 6.07) is 3.94. The van der Waals surface area contributed by atoms with Gasteiger partial charge in [0.05, 0.1) is 27.7 Å². The number of rotatable bonds is 5. The number of furan rings is 1. The minimum atomic E-state index is -0.482. The number of anilines is 1. The van der Waals surface area contributed by atoms with E-state index in [-0.39, 0.29) is 5.82 Å². The average molecular weight is 551 g/mol. The van der Waals surface area contributed by atoms with Crippen molar-refractivity contribution in [1.29, 1.82) is 0 Å². The summed E-state index contributed by atoms with van der Waals surface area (Å²) in [5.74, 6) is 0.581. The van der Waals surface area contributed by atoms with Crippen LogP contribution in [0.2, 0.25) is 10.0 Å². The van der Waals surface area contributed by atoms with Gasteiger partial charge in [-0.3, -0.25) is 4.68 Å². The Morgan fingerprint density at radius 2 is 1.97 bits per heavy atom. The van der Waals surface area contributed by atoms with Crippen LogP contribution in [-0.4, -0.2) is 27.9 Å². The highest BCUT2D eigenvalue weighted by molar-refractivity contribution is 9.10. The number of benzene rings is 1. The lowest BCUT2D eigenvalue weighted by molar-refractivity contribution is 0.228. The zero-order valence-corrected chi connectivity index (χ0v) is 20.9. The van der Waals surface area contributed by atoms with Crippen LogP contribution < -0.4 is 15.8 Å². The van der Waals surface area contributed by atoms with E-state index in [1.165, 1.54) is 0 Å². The maximum absolute atomic E-state index is 6.43. The van der Waals surface area contributed by atoms with Crippen molar-refractivity contribution >= 4 is 55.9 Å². The second-order valence-corrected chi connectivity index (χ2v) is 9.83. The monoisotopic (exact) mass is 549 g/mol. The normalized spacial score (nSPS) is 15.8. The van der Waals surface area contributed by atoms with E-state index >= 15 is 0 Å². The number of nitrogens with zero attached hydrogens (tertiary/aromatic N) is 3. The molecule has 1 fully saturated rings. The average Bonchev–Trinajstić information content (AvgIpc) is 3.43. The van der Waals surface area contributed by atoms with Gasteiger partial charge in [0.2, 0.25) is 5.75 Å². The molecule has 4 heterocycles. The first-order chi connectivity index (χ1) is 15.9. The molecule has 1 aromatic carbocycles. The van der Waals surface area contributed by atoms with Gasteiger partial charge in [0.1, 0.15) is 12.4 Å². The number of nitrogens with one attached hydrogen (secondary N) is 1. The molecule has 0 aliphatic carbocycles. The van der Waals surface area contributed by atoms with Crippen LogP contribution in [0.25, 0.3) is 22.1 Å². The van der Waals surface area contributed by atoms with Gasteiger partial charge in [0, 0.05) is 33.6 Å². The molecular formula is C23H22BrCl2N5O2. The Morgan fingerprint density at radius 3 is 2.70 bits per heavy atom. The van der Waals surface area contributed by atoms with Crippen molar-refractivity contribution in [2.45, 2.75) is 31.9 Å². The number of pyridine rings is 1. The van der Waals surface area contributed by atoms with Crippen LogP contribution in [0.1, 0.15) is 37.5 Å². The first kappa shape index (κ1) is 22.5. The molecule has 1 unspecified atom stereocenters. The van der Waals surface area contributed by atoms with Crippen LogP contribution in [0.15, 0.2) is 45.9 Å². The third kappa shape index (κ3) is 4.33. The fourth-order valence-corrected chi connectivity index (χ4v) is 5.76. The molecular weight excluding hydrogens is 529 g/mol. The molecule has 0 bridgehead atoms. The molecule has 172 valence electrons. The Kier molecular flexibility index (Phi) is 6.26. The number of aromatic nitrogens is 3. The van der Waals surface area contributed by atoms with E-state index < -0.39 is 6.10 Å². The molecule has 5 rings (SSSR count). The lowest BCUT2D eigenvalue weighted by Gasteiger charge is -2.22. The highest BCUT2D eigenvalue weighted by Crippen LogP contribution is 2.42. The van der Waals surface area contributed by atoms with E-state index in [2.05, 4.69) is 37.5 Å². The molecule has 1 aliphatic heterocycles. The Bertz CT molecular complexity index is 1290. The molecule has 1 aliphatic rings. The van der Waals surface area contributed by atoms with Crippen molar-refractivity contribution in [3.8, 4) is 16.9 Å². The van der Waals surface area contributed by atoms with Crippen LogP contribution >= 0.6 is 39.1 Å². The molecule has 10 heteroatoms. The Morgan fingerprint density at radius 1 is 1.24 bits per heavy atom. The molecule has 1 atom stereocenters. The minimum Gasteiger partial charge on any atom is -0.478 e. The number of nitrogen functional groups attached to an aromatic ring is 1. The molecule has 33 heavy (non-hydrogen) atoms. The van der Waals surface area contributed by atoms with Crippen LogP contribution in [0.3, 0.4) is 0 Å². The summed E-state index contributed by atoms with van der Waals surface area (Å²) in [7, 11) is 0. The number of hydrogen-bond donors (Lipinski definition) is 2. The van der Waals surface area contributed by atoms with E-state index in [1.807, 2.05) is 17.8 Å². The maximum Gasteiger partial charge on any atom is 0.205 e. The van der Waals surface area contributed by atoms with Gasteiger partial charge < -0.3 is 20.2 Å². The fraction of sp³-hybridized carbons (Fsp3) is 0.304. The van der Waals surface area contributed by atoms with Crippen molar-refractivity contribution in [2.24, 2.45) is 0 Å². The maximum atomic E-state index is 6.43. The number of hydrogen-bond acceptors (Lipinski definition) is 6. The molecule has 3 aromatic heterocycles. The summed E-state index contributed by atoms with van der Waals surface area (Å²) in [6.07, 6.45) is 8.93. The van der Waals surface area contributed by atoms with Gasteiger partial charge >= 0.3 is 0 Å². The summed E-state index contributed by atoms with van der Waals surface area (Å²) < 4.78 is 15.0. The molecule has 3 N–H and O–H groups in total. The smallest absolute Gasteiger partial charge is 0.205 e. The zero-order chi connectivity index (χ0) is 23.1. The van der Waals surface area contributed by atoms with Gasteiger partial charge in [-0.05, 0) is 45.0 Å². The van der Waals surface area contributed by atoms with E-state index in [4.69, 9.17) is 38.1 Å². The van der Waals surface area contributed by atoms with Crippen LogP contribution in [0.5, 0.6) is 5.75 Å². The van der Waals surface area contributed by atoms with E-state index in [9.17, 15) is 0 Å². The molecule has 1 saturated heterocycles. The number of ether oxygens (including phenoxy) is 1. The number of nitrogens with two attached hydrogens (primary N) is 1. The van der Waals surface area contributed by atoms with Gasteiger partial charge in [0.25, 0.3) is 0 Å². The predicted octanol–water partition coefficient (Wildman–Crippen LogP) is 6.41. The number of halogens is 3. The SMILES string of the molecule is CC(Oc1c(N)ncc2c(-c3cnn(C4CCNCC4)c3)coc12)c1c(Cl)cc(Br)cc1Cl. The molecule has 7 nitrogen and oxygen atoms in total. The molecule has 0 spiro atoms. The van der Waals surface area contributed by atoms with Crippen molar-refractivity contribution in [3.63, 3.8) is 0 Å². The summed E-state index contributed by atoms with van der Waals surface area (Å²) in [5.41, 5.74) is 9.19. The molecule has 0 amide bonds. The second-order valence-electron chi connectivity index (χ2n) is 8.10. The highest BCUT2D eigenvalue weighted by Gasteiger charge is 2.23. The Balaban J connectivity index is 1.48. The van der Waals surface area contributed by atoms with Crippen LogP contribution in [0, 0.1) is 0 Å². The topological polar surface area (TPSA) is 91.1 Å². The minimum absolute atomic E-state index is 0.227. The predicted molar refractivity (Wildman–Crippen MR) is 134 cm³/mol. The summed E-state index contributed by atoms with van der Waals surface area (Å²) in [6.45, 7) is 3.86. The van der Waals surface area contributed by atoms with E-state index in [1.54, 1.807) is 24.6 Å². The molecule has 4 aromatic rings. The third-order valence-electron chi connectivity index (χ3n) is 5.94. The molecule has 0 saturated carbocycles. The quantitative estimate of drug-likeness (QED) is 0.298. The van der Waals surface area contributed by atoms with Crippen molar-refractivity contribution in [1.82, 2.24) is 20.1 Å². The zero-order valence-electron chi connectivity index (χ0n) is 17.8. The van der Waals surface area contributed by atoms with Gasteiger partial charge in [-0.25, -0.2) is 4.98 Å². The van der Waals surface area contributed by atoms with E-state index in [0.29, 0.717) is 33.0 Å². The van der Waals surface area contributed by atoms with Gasteiger partial charge in [0.15, 0.2) is 11.4 Å². The largest absolute Gasteiger partial charge is 0.478 e. The first-order valence-corrected chi connectivity index (χ1v) is 12.2. The van der Waals surface area contributed by atoms with Crippen molar-refractivity contribution in [3.05, 3.63) is 57.1 Å². The third-order valence-corrected chi connectivity index (χ3v) is 7.02. The summed E-state index contributed by atoms with van der Waals surface area (Å²) in [4.78, 5) is 4.35. The lowest BCUT2D eigenvalue weighted by Crippen LogP contribution is -2.29. The summed E-state index contributed by atoms with van der Waals surface area (Å²) in [5, 5.41) is 9.76. The Hall–Kier alpha value is -2.26. The van der Waals surface area contributed by atoms with Crippen LogP contribution in [-0.2, 0) is 0 Å². The number of piperidine rings is 1. The Labute approximate surface area is 209 Å². The van der Waals surface area contributed by atoms with Crippen molar-refractivity contribution < 1.29 is 9.15 Å². The van der Waals surface area contributed by atoms with Crippen LogP contribution in [0.4, 0.5) is 5.82 Å². The first-order valence-electron chi connectivity index (χ1n) is 10.6. The van der Waals surface area contributed by atoms with Crippen molar-refractivity contribution in [2.75, 3.05) is 18.8 Å². The van der Waals surface area contributed by atoms with Gasteiger partial charge in [-0.1, -0.05) is 39.1 Å². The summed E-state index contributed by atoms with van der Waals surface area (Å²) >= 11 is 16.2. The second kappa shape index (κ2) is 9.18. The van der Waals surface area contributed by atoms with Gasteiger partial charge in [-0.15, -0.1) is 0 Å². The van der Waals surface area contributed by atoms with E-state index in [0.717, 1.165) is 46.9 Å². The molecule has 0 radical (unpaired) electrons. The standard InChI is InChI=1S/C23H22BrCl2N5O2/c1-12(20-18(25)6-14(24)7-19(20)26)33-22-21-16(9-29-23(22)27)17(11-32-21)13-8-30-31(10-13)15-2-4-28-5-3-15/h6-12,15,28H,2-5H2,1H3,(H2,27,29). The number of fused-ring (bicyclic) bond motifs is 1. The highest BCUT2D eigenvalue weighted by atomic mass is 79.9. The lowest BCUT2D eigenvalue weighted by atomic mass is 10.1. The van der Waals surface area contributed by atoms with Gasteiger partial charge in [-0.2, -0.15) is 5.10 Å². The fourth-order valence-electron chi connectivity index (χ4n) is 4.24.